The molecule has 0 radical (unpaired) electrons. The average Bonchev–Trinajstić information content (AvgIpc) is 3.10. The van der Waals surface area contributed by atoms with Crippen molar-refractivity contribution in [2.45, 2.75) is 20.0 Å². The fourth-order valence-electron chi connectivity index (χ4n) is 2.07. The van der Waals surface area contributed by atoms with E-state index >= 15 is 0 Å². The molecule has 0 saturated carbocycles. The van der Waals surface area contributed by atoms with Gasteiger partial charge in [0.15, 0.2) is 5.96 Å². The molecule has 2 rings (SSSR count). The number of hydrogen-bond acceptors (Lipinski definition) is 4. The lowest BCUT2D eigenvalue weighted by molar-refractivity contribution is 0.391. The van der Waals surface area contributed by atoms with E-state index in [1.165, 1.54) is 0 Å². The fourth-order valence-corrected chi connectivity index (χ4v) is 2.07. The molecule has 0 bridgehead atoms. The first-order valence-electron chi connectivity index (χ1n) is 7.52. The van der Waals surface area contributed by atoms with E-state index in [2.05, 4.69) is 15.6 Å². The lowest BCUT2D eigenvalue weighted by Crippen LogP contribution is -2.36. The van der Waals surface area contributed by atoms with E-state index in [9.17, 15) is 0 Å². The number of rotatable bonds is 7. The summed E-state index contributed by atoms with van der Waals surface area (Å²) in [5, 5.41) is 6.44. The maximum absolute atomic E-state index is 5.39. The van der Waals surface area contributed by atoms with Crippen LogP contribution in [-0.4, -0.2) is 26.7 Å². The van der Waals surface area contributed by atoms with E-state index in [4.69, 9.17) is 13.9 Å². The van der Waals surface area contributed by atoms with E-state index in [-0.39, 0.29) is 24.0 Å². The number of methoxy groups -OCH3 is 2. The number of ether oxygens (including phenoxy) is 2. The summed E-state index contributed by atoms with van der Waals surface area (Å²) in [6, 6.07) is 9.49. The molecule has 7 heteroatoms. The maximum atomic E-state index is 5.39. The lowest BCUT2D eigenvalue weighted by Gasteiger charge is -2.12. The second-order valence-electron chi connectivity index (χ2n) is 4.81. The van der Waals surface area contributed by atoms with Crippen molar-refractivity contribution in [3.63, 3.8) is 0 Å². The van der Waals surface area contributed by atoms with Crippen molar-refractivity contribution in [1.82, 2.24) is 10.6 Å². The van der Waals surface area contributed by atoms with Gasteiger partial charge in [0.05, 0.1) is 33.6 Å². The maximum Gasteiger partial charge on any atom is 0.191 e. The number of halogens is 1. The Kier molecular flexibility index (Phi) is 9.06. The van der Waals surface area contributed by atoms with Crippen molar-refractivity contribution < 1.29 is 13.9 Å². The molecule has 0 atom stereocenters. The molecule has 0 saturated heterocycles. The molecule has 0 amide bonds. The number of aliphatic imine (C=N–C) groups is 1. The van der Waals surface area contributed by atoms with Crippen LogP contribution in [-0.2, 0) is 13.1 Å². The second kappa shape index (κ2) is 10.8. The molecule has 0 fully saturated rings. The number of furan rings is 1. The highest BCUT2D eigenvalue weighted by molar-refractivity contribution is 14.0. The summed E-state index contributed by atoms with van der Waals surface area (Å²) in [4.78, 5) is 4.58. The predicted molar refractivity (Wildman–Crippen MR) is 105 cm³/mol. The van der Waals surface area contributed by atoms with Crippen LogP contribution in [0, 0.1) is 0 Å². The molecule has 0 aliphatic heterocycles. The first-order chi connectivity index (χ1) is 11.3. The molecule has 2 aromatic rings. The van der Waals surface area contributed by atoms with Gasteiger partial charge in [-0.15, -0.1) is 24.0 Å². The van der Waals surface area contributed by atoms with Crippen molar-refractivity contribution in [1.29, 1.82) is 0 Å². The van der Waals surface area contributed by atoms with Gasteiger partial charge in [-0.3, -0.25) is 0 Å². The molecule has 6 nitrogen and oxygen atoms in total. The Balaban J connectivity index is 0.00000288. The van der Waals surface area contributed by atoms with Crippen LogP contribution >= 0.6 is 24.0 Å². The van der Waals surface area contributed by atoms with Crippen LogP contribution < -0.4 is 20.1 Å². The normalized spacial score (nSPS) is 10.7. The van der Waals surface area contributed by atoms with Gasteiger partial charge in [0, 0.05) is 18.2 Å². The van der Waals surface area contributed by atoms with Crippen LogP contribution in [0.3, 0.4) is 0 Å². The van der Waals surface area contributed by atoms with Crippen molar-refractivity contribution in [3.05, 3.63) is 47.9 Å². The van der Waals surface area contributed by atoms with E-state index in [0.717, 1.165) is 35.3 Å². The van der Waals surface area contributed by atoms with Gasteiger partial charge in [0.1, 0.15) is 17.3 Å². The van der Waals surface area contributed by atoms with Crippen molar-refractivity contribution in [3.8, 4) is 11.5 Å². The molecular formula is C17H24IN3O3. The molecule has 132 valence electrons. The minimum Gasteiger partial charge on any atom is -0.497 e. The minimum atomic E-state index is 0. The van der Waals surface area contributed by atoms with Crippen LogP contribution in [0.5, 0.6) is 11.5 Å². The highest BCUT2D eigenvalue weighted by Crippen LogP contribution is 2.25. The number of guanidine groups is 1. The van der Waals surface area contributed by atoms with Crippen molar-refractivity contribution in [2.24, 2.45) is 4.99 Å². The van der Waals surface area contributed by atoms with Gasteiger partial charge in [-0.05, 0) is 31.2 Å². The first kappa shape index (κ1) is 20.1. The standard InChI is InChI=1S/C17H23N3O3.HI/c1-4-18-17(20-12-15-6-5-9-23-15)19-11-13-7-8-14(21-2)10-16(13)22-3;/h5-10H,4,11-12H2,1-3H3,(H2,18,19,20);1H. The zero-order valence-corrected chi connectivity index (χ0v) is 16.5. The number of nitrogens with zero attached hydrogens (tertiary/aromatic N) is 1. The van der Waals surface area contributed by atoms with Gasteiger partial charge in [-0.1, -0.05) is 0 Å². The van der Waals surface area contributed by atoms with Crippen LogP contribution in [0.4, 0.5) is 0 Å². The molecule has 1 aromatic carbocycles. The second-order valence-corrected chi connectivity index (χ2v) is 4.81. The molecule has 2 N–H and O–H groups in total. The quantitative estimate of drug-likeness (QED) is 0.390. The first-order valence-corrected chi connectivity index (χ1v) is 7.52. The van der Waals surface area contributed by atoms with Gasteiger partial charge in [0.2, 0.25) is 0 Å². The summed E-state index contributed by atoms with van der Waals surface area (Å²) < 4.78 is 15.9. The molecule has 1 aromatic heterocycles. The predicted octanol–water partition coefficient (Wildman–Crippen LogP) is 3.17. The Labute approximate surface area is 159 Å². The molecule has 24 heavy (non-hydrogen) atoms. The molecule has 1 heterocycles. The van der Waals surface area contributed by atoms with Gasteiger partial charge < -0.3 is 24.5 Å². The Bertz CT molecular complexity index is 630. The number of nitrogens with one attached hydrogen (secondary N) is 2. The van der Waals surface area contributed by atoms with Crippen LogP contribution in [0.15, 0.2) is 46.0 Å². The number of hydrogen-bond donors (Lipinski definition) is 2. The molecular weight excluding hydrogens is 421 g/mol. The Morgan fingerprint density at radius 2 is 2.00 bits per heavy atom. The topological polar surface area (TPSA) is 68.0 Å². The van der Waals surface area contributed by atoms with Crippen molar-refractivity contribution >= 4 is 29.9 Å². The van der Waals surface area contributed by atoms with Gasteiger partial charge in [-0.25, -0.2) is 4.99 Å². The summed E-state index contributed by atoms with van der Waals surface area (Å²) in [7, 11) is 3.27. The van der Waals surface area contributed by atoms with Crippen LogP contribution in [0.2, 0.25) is 0 Å². The SMILES string of the molecule is CCNC(=NCc1ccc(OC)cc1OC)NCc1ccco1.I. The highest BCUT2D eigenvalue weighted by Gasteiger charge is 2.06. The molecule has 0 unspecified atom stereocenters. The molecule has 0 aliphatic carbocycles. The Hall–Kier alpha value is -1.90. The zero-order valence-electron chi connectivity index (χ0n) is 14.2. The van der Waals surface area contributed by atoms with Crippen LogP contribution in [0.1, 0.15) is 18.2 Å². The van der Waals surface area contributed by atoms with E-state index in [1.54, 1.807) is 20.5 Å². The largest absolute Gasteiger partial charge is 0.497 e. The highest BCUT2D eigenvalue weighted by atomic mass is 127. The third-order valence-corrected chi connectivity index (χ3v) is 3.26. The third kappa shape index (κ3) is 5.95. The monoisotopic (exact) mass is 445 g/mol. The van der Waals surface area contributed by atoms with Gasteiger partial charge in [-0.2, -0.15) is 0 Å². The third-order valence-electron chi connectivity index (χ3n) is 3.26. The Morgan fingerprint density at radius 1 is 1.17 bits per heavy atom. The summed E-state index contributed by atoms with van der Waals surface area (Å²) in [5.74, 6) is 3.10. The van der Waals surface area contributed by atoms with Crippen molar-refractivity contribution in [2.75, 3.05) is 20.8 Å². The molecule has 0 aliphatic rings. The van der Waals surface area contributed by atoms with Crippen LogP contribution in [0.25, 0.3) is 0 Å². The summed E-state index contributed by atoms with van der Waals surface area (Å²) in [6.07, 6.45) is 1.66. The number of benzene rings is 1. The smallest absolute Gasteiger partial charge is 0.191 e. The fraction of sp³-hybridized carbons (Fsp3) is 0.353. The summed E-state index contributed by atoms with van der Waals surface area (Å²) in [5.41, 5.74) is 0.989. The van der Waals surface area contributed by atoms with Gasteiger partial charge >= 0.3 is 0 Å². The Morgan fingerprint density at radius 3 is 2.62 bits per heavy atom. The van der Waals surface area contributed by atoms with E-state index < -0.39 is 0 Å². The zero-order chi connectivity index (χ0) is 16.5. The van der Waals surface area contributed by atoms with E-state index in [1.807, 2.05) is 37.3 Å². The van der Waals surface area contributed by atoms with Gasteiger partial charge in [0.25, 0.3) is 0 Å². The van der Waals surface area contributed by atoms with E-state index in [0.29, 0.717) is 13.1 Å². The average molecular weight is 445 g/mol. The molecule has 0 spiro atoms. The lowest BCUT2D eigenvalue weighted by atomic mass is 10.2. The summed E-state index contributed by atoms with van der Waals surface area (Å²) in [6.45, 7) is 3.89. The summed E-state index contributed by atoms with van der Waals surface area (Å²) >= 11 is 0. The minimum absolute atomic E-state index is 0.